The Bertz CT molecular complexity index is 468. The Kier molecular flexibility index (Phi) is 4.09. The molecule has 84 valence electrons. The van der Waals surface area contributed by atoms with Crippen molar-refractivity contribution in [2.24, 2.45) is 0 Å². The van der Waals surface area contributed by atoms with Gasteiger partial charge in [-0.3, -0.25) is 4.98 Å². The summed E-state index contributed by atoms with van der Waals surface area (Å²) in [4.78, 5) is 4.13. The molecule has 2 rings (SSSR count). The van der Waals surface area contributed by atoms with Gasteiger partial charge in [-0.2, -0.15) is 11.3 Å². The highest BCUT2D eigenvalue weighted by Gasteiger charge is 1.99. The molecule has 2 nitrogen and oxygen atoms in total. The van der Waals surface area contributed by atoms with Crippen LogP contribution in [0.5, 0.6) is 0 Å². The highest BCUT2D eigenvalue weighted by Crippen LogP contribution is 2.13. The molecule has 0 radical (unpaired) electrons. The molecule has 0 unspecified atom stereocenters. The Morgan fingerprint density at radius 2 is 2.19 bits per heavy atom. The van der Waals surface area contributed by atoms with Crippen LogP contribution in [-0.4, -0.2) is 4.98 Å². The van der Waals surface area contributed by atoms with E-state index >= 15 is 0 Å². The lowest BCUT2D eigenvalue weighted by molar-refractivity contribution is 0.690. The van der Waals surface area contributed by atoms with Gasteiger partial charge in [0.05, 0.1) is 0 Å². The topological polar surface area (TPSA) is 24.9 Å². The van der Waals surface area contributed by atoms with Gasteiger partial charge in [0, 0.05) is 30.0 Å². The van der Waals surface area contributed by atoms with E-state index in [1.165, 1.54) is 16.7 Å². The van der Waals surface area contributed by atoms with Crippen molar-refractivity contribution in [1.29, 1.82) is 0 Å². The van der Waals surface area contributed by atoms with Gasteiger partial charge in [-0.25, -0.2) is 0 Å². The van der Waals surface area contributed by atoms with Crippen LogP contribution >= 0.6 is 27.3 Å². The SMILES string of the molecule is Cc1cscc1CNCc1cncc(Br)c1. The van der Waals surface area contributed by atoms with Crippen molar-refractivity contribution in [1.82, 2.24) is 10.3 Å². The van der Waals surface area contributed by atoms with Gasteiger partial charge in [-0.05, 0) is 56.4 Å². The molecule has 0 aliphatic rings. The number of aromatic nitrogens is 1. The van der Waals surface area contributed by atoms with Crippen LogP contribution in [0.3, 0.4) is 0 Å². The second-order valence-corrected chi connectivity index (χ2v) is 5.35. The molecule has 0 saturated carbocycles. The molecule has 0 bridgehead atoms. The summed E-state index contributed by atoms with van der Waals surface area (Å²) < 4.78 is 1.03. The number of thiophene rings is 1. The van der Waals surface area contributed by atoms with E-state index < -0.39 is 0 Å². The number of aryl methyl sites for hydroxylation is 1. The van der Waals surface area contributed by atoms with Gasteiger partial charge in [0.2, 0.25) is 0 Å². The predicted molar refractivity (Wildman–Crippen MR) is 71.5 cm³/mol. The molecule has 0 amide bonds. The van der Waals surface area contributed by atoms with Crippen molar-refractivity contribution < 1.29 is 0 Å². The minimum absolute atomic E-state index is 0.849. The second-order valence-electron chi connectivity index (χ2n) is 3.69. The molecular formula is C12H13BrN2S. The zero-order valence-electron chi connectivity index (χ0n) is 9.03. The number of hydrogen-bond acceptors (Lipinski definition) is 3. The number of nitrogens with zero attached hydrogens (tertiary/aromatic N) is 1. The Hall–Kier alpha value is -0.710. The highest BCUT2D eigenvalue weighted by molar-refractivity contribution is 9.10. The smallest absolute Gasteiger partial charge is 0.0410 e. The number of nitrogens with one attached hydrogen (secondary N) is 1. The summed E-state index contributed by atoms with van der Waals surface area (Å²) in [6.07, 6.45) is 3.69. The van der Waals surface area contributed by atoms with Crippen molar-refractivity contribution in [2.75, 3.05) is 0 Å². The van der Waals surface area contributed by atoms with Crippen LogP contribution in [0.4, 0.5) is 0 Å². The molecular weight excluding hydrogens is 284 g/mol. The van der Waals surface area contributed by atoms with Crippen molar-refractivity contribution in [3.8, 4) is 0 Å². The van der Waals surface area contributed by atoms with Gasteiger partial charge in [0.15, 0.2) is 0 Å². The largest absolute Gasteiger partial charge is 0.309 e. The average molecular weight is 297 g/mol. The molecule has 0 atom stereocenters. The maximum atomic E-state index is 4.13. The number of hydrogen-bond donors (Lipinski definition) is 1. The zero-order chi connectivity index (χ0) is 11.4. The molecule has 2 aromatic rings. The third-order valence-electron chi connectivity index (χ3n) is 2.37. The summed E-state index contributed by atoms with van der Waals surface area (Å²) in [5.74, 6) is 0. The van der Waals surface area contributed by atoms with Crippen molar-refractivity contribution in [3.05, 3.63) is 50.4 Å². The van der Waals surface area contributed by atoms with E-state index in [0.717, 1.165) is 17.6 Å². The van der Waals surface area contributed by atoms with E-state index in [0.29, 0.717) is 0 Å². The minimum Gasteiger partial charge on any atom is -0.309 e. The molecule has 2 heterocycles. The number of rotatable bonds is 4. The molecule has 0 spiro atoms. The van der Waals surface area contributed by atoms with Crippen LogP contribution in [0.1, 0.15) is 16.7 Å². The first-order valence-corrected chi connectivity index (χ1v) is 6.81. The van der Waals surface area contributed by atoms with E-state index in [4.69, 9.17) is 0 Å². The normalized spacial score (nSPS) is 10.6. The fourth-order valence-corrected chi connectivity index (χ4v) is 2.73. The van der Waals surface area contributed by atoms with Gasteiger partial charge >= 0.3 is 0 Å². The summed E-state index contributed by atoms with van der Waals surface area (Å²) in [6.45, 7) is 3.91. The Morgan fingerprint density at radius 3 is 2.88 bits per heavy atom. The second kappa shape index (κ2) is 5.57. The first kappa shape index (κ1) is 11.8. The lowest BCUT2D eigenvalue weighted by atomic mass is 10.2. The van der Waals surface area contributed by atoms with E-state index in [1.807, 2.05) is 6.20 Å². The minimum atomic E-state index is 0.849. The first-order valence-electron chi connectivity index (χ1n) is 5.07. The third kappa shape index (κ3) is 3.14. The summed E-state index contributed by atoms with van der Waals surface area (Å²) in [6, 6.07) is 2.08. The van der Waals surface area contributed by atoms with E-state index in [-0.39, 0.29) is 0 Å². The molecule has 0 fully saturated rings. The van der Waals surface area contributed by atoms with Crippen molar-refractivity contribution in [2.45, 2.75) is 20.0 Å². The monoisotopic (exact) mass is 296 g/mol. The maximum Gasteiger partial charge on any atom is 0.0410 e. The van der Waals surface area contributed by atoms with Gasteiger partial charge in [0.1, 0.15) is 0 Å². The number of pyridine rings is 1. The molecule has 1 N–H and O–H groups in total. The summed E-state index contributed by atoms with van der Waals surface area (Å²) in [5.41, 5.74) is 3.94. The number of halogens is 1. The van der Waals surface area contributed by atoms with Gasteiger partial charge in [-0.1, -0.05) is 0 Å². The van der Waals surface area contributed by atoms with E-state index in [1.54, 1.807) is 17.5 Å². The van der Waals surface area contributed by atoms with Crippen LogP contribution in [0.15, 0.2) is 33.7 Å². The van der Waals surface area contributed by atoms with Gasteiger partial charge in [0.25, 0.3) is 0 Å². The van der Waals surface area contributed by atoms with Crippen molar-refractivity contribution >= 4 is 27.3 Å². The summed E-state index contributed by atoms with van der Waals surface area (Å²) >= 11 is 5.17. The Labute approximate surface area is 108 Å². The maximum absolute atomic E-state index is 4.13. The standard InChI is InChI=1S/C12H13BrN2S/c1-9-7-16-8-11(9)5-14-3-10-2-12(13)6-15-4-10/h2,4,6-8,14H,3,5H2,1H3. The van der Waals surface area contributed by atoms with E-state index in [2.05, 4.69) is 50.0 Å². The Morgan fingerprint density at radius 1 is 1.31 bits per heavy atom. The molecule has 0 aliphatic carbocycles. The van der Waals surface area contributed by atoms with Gasteiger partial charge in [-0.15, -0.1) is 0 Å². The Balaban J connectivity index is 1.87. The lowest BCUT2D eigenvalue weighted by Gasteiger charge is -2.04. The van der Waals surface area contributed by atoms with Crippen LogP contribution < -0.4 is 5.32 Å². The van der Waals surface area contributed by atoms with Gasteiger partial charge < -0.3 is 5.32 Å². The van der Waals surface area contributed by atoms with Crippen LogP contribution in [0.2, 0.25) is 0 Å². The first-order chi connectivity index (χ1) is 7.75. The summed E-state index contributed by atoms with van der Waals surface area (Å²) in [7, 11) is 0. The molecule has 0 saturated heterocycles. The molecule has 4 heteroatoms. The molecule has 2 aromatic heterocycles. The average Bonchev–Trinajstić information content (AvgIpc) is 2.65. The lowest BCUT2D eigenvalue weighted by Crippen LogP contribution is -2.12. The van der Waals surface area contributed by atoms with Crippen LogP contribution in [0, 0.1) is 6.92 Å². The fraction of sp³-hybridized carbons (Fsp3) is 0.250. The molecule has 0 aliphatic heterocycles. The fourth-order valence-electron chi connectivity index (χ4n) is 1.46. The summed E-state index contributed by atoms with van der Waals surface area (Å²) in [5, 5.41) is 7.79. The molecule has 16 heavy (non-hydrogen) atoms. The quantitative estimate of drug-likeness (QED) is 0.934. The van der Waals surface area contributed by atoms with Crippen molar-refractivity contribution in [3.63, 3.8) is 0 Å². The third-order valence-corrected chi connectivity index (χ3v) is 3.71. The van der Waals surface area contributed by atoms with Crippen LogP contribution in [0.25, 0.3) is 0 Å². The highest BCUT2D eigenvalue weighted by atomic mass is 79.9. The predicted octanol–water partition coefficient (Wildman–Crippen LogP) is 3.50. The van der Waals surface area contributed by atoms with Crippen LogP contribution in [-0.2, 0) is 13.1 Å². The van der Waals surface area contributed by atoms with E-state index in [9.17, 15) is 0 Å². The molecule has 0 aromatic carbocycles. The zero-order valence-corrected chi connectivity index (χ0v) is 11.4.